The largest absolute Gasteiger partial charge is 0.323 e. The summed E-state index contributed by atoms with van der Waals surface area (Å²) in [5.41, 5.74) is 0.665. The van der Waals surface area contributed by atoms with Gasteiger partial charge in [0.2, 0.25) is 11.8 Å². The maximum absolute atomic E-state index is 13.2. The van der Waals surface area contributed by atoms with E-state index in [9.17, 15) is 14.4 Å². The molecule has 9 nitrogen and oxygen atoms in total. The van der Waals surface area contributed by atoms with Crippen molar-refractivity contribution in [2.24, 2.45) is 0 Å². The van der Waals surface area contributed by atoms with Gasteiger partial charge in [0.15, 0.2) is 5.82 Å². The van der Waals surface area contributed by atoms with Crippen molar-refractivity contribution in [2.45, 2.75) is 25.4 Å². The molecule has 2 aromatic heterocycles. The number of anilines is 2. The lowest BCUT2D eigenvalue weighted by atomic mass is 9.98. The minimum Gasteiger partial charge on any atom is -0.323 e. The van der Waals surface area contributed by atoms with E-state index in [0.717, 1.165) is 0 Å². The van der Waals surface area contributed by atoms with Crippen LogP contribution in [0.5, 0.6) is 0 Å². The first-order valence-corrected chi connectivity index (χ1v) is 9.97. The Bertz CT molecular complexity index is 1170. The molecule has 4 heterocycles. The maximum atomic E-state index is 13.2. The van der Waals surface area contributed by atoms with Crippen molar-refractivity contribution < 1.29 is 14.4 Å². The number of hydrogen-bond donors (Lipinski definition) is 1. The molecule has 1 saturated heterocycles. The van der Waals surface area contributed by atoms with Gasteiger partial charge < -0.3 is 10.2 Å². The molecule has 2 aliphatic heterocycles. The molecule has 0 aliphatic carbocycles. The molecule has 9 heteroatoms. The lowest BCUT2D eigenvalue weighted by Crippen LogP contribution is -2.63. The van der Waals surface area contributed by atoms with Gasteiger partial charge in [0.1, 0.15) is 12.2 Å². The van der Waals surface area contributed by atoms with Crippen molar-refractivity contribution in [3.8, 4) is 5.82 Å². The van der Waals surface area contributed by atoms with Gasteiger partial charge in [0.05, 0.1) is 23.1 Å². The van der Waals surface area contributed by atoms with Gasteiger partial charge in [0.25, 0.3) is 5.91 Å². The predicted molar refractivity (Wildman–Crippen MR) is 113 cm³/mol. The second-order valence-corrected chi connectivity index (χ2v) is 7.76. The second-order valence-electron chi connectivity index (χ2n) is 7.76. The Morgan fingerprint density at radius 3 is 2.74 bits per heavy atom. The van der Waals surface area contributed by atoms with Crippen molar-refractivity contribution >= 4 is 29.1 Å². The van der Waals surface area contributed by atoms with E-state index in [0.29, 0.717) is 35.6 Å². The number of pyridine rings is 1. The highest BCUT2D eigenvalue weighted by Crippen LogP contribution is 2.43. The SMILES string of the molecule is C[C@@]12CCC(=O)N1c1ccccc1C(=O)N2CC(=O)Nc1ccc(-n2cccn2)nc1. The number of benzene rings is 1. The minimum absolute atomic E-state index is 0.0498. The van der Waals surface area contributed by atoms with Crippen molar-refractivity contribution in [2.75, 3.05) is 16.8 Å². The Labute approximate surface area is 178 Å². The smallest absolute Gasteiger partial charge is 0.258 e. The molecule has 5 rings (SSSR count). The zero-order valence-electron chi connectivity index (χ0n) is 16.9. The molecule has 1 aromatic carbocycles. The average Bonchev–Trinajstić information content (AvgIpc) is 3.41. The third-order valence-corrected chi connectivity index (χ3v) is 5.82. The predicted octanol–water partition coefficient (Wildman–Crippen LogP) is 2.20. The molecule has 2 aliphatic rings. The summed E-state index contributed by atoms with van der Waals surface area (Å²) in [5, 5.41) is 6.90. The van der Waals surface area contributed by atoms with Crippen molar-refractivity contribution in [1.29, 1.82) is 0 Å². The fraction of sp³-hybridized carbons (Fsp3) is 0.227. The highest BCUT2D eigenvalue weighted by Gasteiger charge is 2.53. The lowest BCUT2D eigenvalue weighted by molar-refractivity contribution is -0.120. The van der Waals surface area contributed by atoms with E-state index >= 15 is 0 Å². The van der Waals surface area contributed by atoms with Crippen LogP contribution >= 0.6 is 0 Å². The molecule has 0 radical (unpaired) electrons. The summed E-state index contributed by atoms with van der Waals surface area (Å²) in [6, 6.07) is 12.3. The van der Waals surface area contributed by atoms with Crippen LogP contribution in [0.2, 0.25) is 0 Å². The highest BCUT2D eigenvalue weighted by atomic mass is 16.2. The number of fused-ring (bicyclic) bond motifs is 3. The van der Waals surface area contributed by atoms with Crippen LogP contribution in [0, 0.1) is 0 Å². The molecule has 0 saturated carbocycles. The third-order valence-electron chi connectivity index (χ3n) is 5.82. The molecule has 1 N–H and O–H groups in total. The topological polar surface area (TPSA) is 100 Å². The first kappa shape index (κ1) is 19.0. The standard InChI is InChI=1S/C22H20N6O3/c1-22-10-9-20(30)28(22)17-6-3-2-5-16(17)21(31)26(22)14-19(29)25-15-7-8-18(23-13-15)27-12-4-11-24-27/h2-8,11-13H,9-10,14H2,1H3,(H,25,29)/t22-/m0/s1. The molecule has 0 spiro atoms. The normalized spacial score (nSPS) is 19.9. The highest BCUT2D eigenvalue weighted by molar-refractivity contribution is 6.11. The van der Waals surface area contributed by atoms with Gasteiger partial charge in [-0.3, -0.25) is 19.3 Å². The summed E-state index contributed by atoms with van der Waals surface area (Å²) in [5.74, 6) is -0.0436. The van der Waals surface area contributed by atoms with Crippen molar-refractivity contribution in [3.05, 3.63) is 66.6 Å². The van der Waals surface area contributed by atoms with Crippen LogP contribution < -0.4 is 10.2 Å². The van der Waals surface area contributed by atoms with E-state index in [1.54, 1.807) is 64.4 Å². The number of carbonyl (C=O) groups is 3. The molecule has 156 valence electrons. The minimum atomic E-state index is -0.873. The quantitative estimate of drug-likeness (QED) is 0.703. The van der Waals surface area contributed by atoms with Crippen LogP contribution in [0.4, 0.5) is 11.4 Å². The summed E-state index contributed by atoms with van der Waals surface area (Å²) < 4.78 is 1.61. The third kappa shape index (κ3) is 3.05. The van der Waals surface area contributed by atoms with Crippen LogP contribution in [0.25, 0.3) is 5.82 Å². The van der Waals surface area contributed by atoms with E-state index < -0.39 is 5.66 Å². The number of rotatable bonds is 4. The monoisotopic (exact) mass is 416 g/mol. The average molecular weight is 416 g/mol. The Morgan fingerprint density at radius 1 is 1.16 bits per heavy atom. The summed E-state index contributed by atoms with van der Waals surface area (Å²) >= 11 is 0. The van der Waals surface area contributed by atoms with Gasteiger partial charge in [-0.2, -0.15) is 5.10 Å². The van der Waals surface area contributed by atoms with Crippen molar-refractivity contribution in [3.63, 3.8) is 0 Å². The lowest BCUT2D eigenvalue weighted by Gasteiger charge is -2.48. The maximum Gasteiger partial charge on any atom is 0.258 e. The van der Waals surface area contributed by atoms with Gasteiger partial charge in [-0.1, -0.05) is 12.1 Å². The number of para-hydroxylation sites is 1. The van der Waals surface area contributed by atoms with Crippen molar-refractivity contribution in [1.82, 2.24) is 19.7 Å². The molecule has 1 atom stereocenters. The summed E-state index contributed by atoms with van der Waals surface area (Å²) in [6.07, 6.45) is 5.77. The molecular weight excluding hydrogens is 396 g/mol. The van der Waals surface area contributed by atoms with Gasteiger partial charge in [-0.25, -0.2) is 9.67 Å². The van der Waals surface area contributed by atoms with E-state index in [-0.39, 0.29) is 24.3 Å². The van der Waals surface area contributed by atoms with E-state index in [1.807, 2.05) is 6.92 Å². The van der Waals surface area contributed by atoms with Gasteiger partial charge in [-0.15, -0.1) is 0 Å². The Morgan fingerprint density at radius 2 is 2.00 bits per heavy atom. The molecule has 3 amide bonds. The number of carbonyl (C=O) groups excluding carboxylic acids is 3. The van der Waals surface area contributed by atoms with E-state index in [4.69, 9.17) is 0 Å². The summed E-state index contributed by atoms with van der Waals surface area (Å²) in [6.45, 7) is 1.66. The van der Waals surface area contributed by atoms with Gasteiger partial charge in [0, 0.05) is 18.8 Å². The first-order valence-electron chi connectivity index (χ1n) is 9.97. The summed E-state index contributed by atoms with van der Waals surface area (Å²) in [7, 11) is 0. The van der Waals surface area contributed by atoms with E-state index in [2.05, 4.69) is 15.4 Å². The number of amides is 3. The van der Waals surface area contributed by atoms with Gasteiger partial charge >= 0.3 is 0 Å². The van der Waals surface area contributed by atoms with Gasteiger partial charge in [-0.05, 0) is 43.7 Å². The fourth-order valence-corrected chi connectivity index (χ4v) is 4.29. The zero-order chi connectivity index (χ0) is 21.6. The Kier molecular flexibility index (Phi) is 4.32. The first-order chi connectivity index (χ1) is 15.0. The number of nitrogens with zero attached hydrogens (tertiary/aromatic N) is 5. The van der Waals surface area contributed by atoms with Crippen LogP contribution in [0.1, 0.15) is 30.1 Å². The summed E-state index contributed by atoms with van der Waals surface area (Å²) in [4.78, 5) is 46.1. The van der Waals surface area contributed by atoms with Crippen LogP contribution in [-0.2, 0) is 9.59 Å². The van der Waals surface area contributed by atoms with Crippen LogP contribution in [0.3, 0.4) is 0 Å². The Balaban J connectivity index is 1.37. The second kappa shape index (κ2) is 7.05. The zero-order valence-corrected chi connectivity index (χ0v) is 16.9. The fourth-order valence-electron chi connectivity index (χ4n) is 4.29. The number of aromatic nitrogens is 3. The van der Waals surface area contributed by atoms with E-state index in [1.165, 1.54) is 11.1 Å². The number of nitrogens with one attached hydrogen (secondary N) is 1. The van der Waals surface area contributed by atoms with Crippen LogP contribution in [0.15, 0.2) is 61.1 Å². The Hall–Kier alpha value is -4.01. The molecule has 31 heavy (non-hydrogen) atoms. The molecular formula is C22H20N6O3. The van der Waals surface area contributed by atoms with Crippen LogP contribution in [-0.4, -0.2) is 49.6 Å². The number of hydrogen-bond acceptors (Lipinski definition) is 5. The molecule has 0 bridgehead atoms. The molecule has 0 unspecified atom stereocenters. The molecule has 3 aromatic rings. The molecule has 1 fully saturated rings.